The van der Waals surface area contributed by atoms with Crippen molar-refractivity contribution in [2.24, 2.45) is 0 Å². The number of nitrogens with zero attached hydrogens (tertiary/aromatic N) is 5. The fourth-order valence-electron chi connectivity index (χ4n) is 3.85. The zero-order chi connectivity index (χ0) is 23.1. The number of nitrogens with two attached hydrogens (primary N) is 2. The second-order valence-corrected chi connectivity index (χ2v) is 7.53. The average molecular weight is 440 g/mol. The Morgan fingerprint density at radius 3 is 2.64 bits per heavy atom. The van der Waals surface area contributed by atoms with Gasteiger partial charge in [0.25, 0.3) is 11.5 Å². The normalized spacial score (nSPS) is 12.2. The van der Waals surface area contributed by atoms with E-state index in [1.54, 1.807) is 55.7 Å². The van der Waals surface area contributed by atoms with Crippen LogP contribution in [-0.2, 0) is 0 Å². The van der Waals surface area contributed by atoms with E-state index in [2.05, 4.69) is 15.4 Å². The molecule has 0 aliphatic rings. The molecule has 33 heavy (non-hydrogen) atoms. The van der Waals surface area contributed by atoms with E-state index in [0.29, 0.717) is 33.7 Å². The maximum Gasteiger partial charge on any atom is 0.268 e. The molecule has 0 unspecified atom stereocenters. The van der Waals surface area contributed by atoms with Crippen molar-refractivity contribution in [3.63, 3.8) is 0 Å². The molecular formula is C23H20N8O2. The minimum absolute atomic E-state index is 0.0538. The summed E-state index contributed by atoms with van der Waals surface area (Å²) in [7, 11) is 0. The minimum Gasteiger partial charge on any atom is -0.398 e. The average Bonchev–Trinajstić information content (AvgIpc) is 3.15. The summed E-state index contributed by atoms with van der Waals surface area (Å²) in [5.41, 5.74) is 13.6. The molecule has 0 aliphatic carbocycles. The van der Waals surface area contributed by atoms with Gasteiger partial charge in [0, 0.05) is 18.1 Å². The van der Waals surface area contributed by atoms with Gasteiger partial charge >= 0.3 is 0 Å². The second kappa shape index (κ2) is 7.75. The number of hydrogen-bond acceptors (Lipinski definition) is 7. The van der Waals surface area contributed by atoms with Gasteiger partial charge < -0.3 is 16.8 Å². The Hall–Kier alpha value is -4.73. The molecule has 0 spiro atoms. The Bertz CT molecular complexity index is 1570. The number of carbonyl (C=O) groups excluding carboxylic acids is 1. The molecule has 0 radical (unpaired) electrons. The third-order valence-electron chi connectivity index (χ3n) is 5.35. The van der Waals surface area contributed by atoms with Crippen LogP contribution in [0.3, 0.4) is 0 Å². The van der Waals surface area contributed by atoms with Gasteiger partial charge in [-0.1, -0.05) is 24.3 Å². The van der Waals surface area contributed by atoms with Crippen LogP contribution in [0.4, 0.5) is 11.5 Å². The lowest BCUT2D eigenvalue weighted by atomic mass is 10.1. The van der Waals surface area contributed by atoms with E-state index in [1.807, 2.05) is 18.2 Å². The molecule has 0 saturated carbocycles. The number of nitrogen functional groups attached to an aromatic ring is 2. The smallest absolute Gasteiger partial charge is 0.268 e. The number of hydrogen-bond donors (Lipinski definition) is 3. The molecular weight excluding hydrogens is 420 g/mol. The van der Waals surface area contributed by atoms with Crippen LogP contribution in [0, 0.1) is 0 Å². The predicted octanol–water partition coefficient (Wildman–Crippen LogP) is 2.08. The Morgan fingerprint density at radius 1 is 1.06 bits per heavy atom. The molecule has 164 valence electrons. The summed E-state index contributed by atoms with van der Waals surface area (Å²) >= 11 is 0. The summed E-state index contributed by atoms with van der Waals surface area (Å²) in [5, 5.41) is 7.33. The van der Waals surface area contributed by atoms with Gasteiger partial charge in [0.15, 0.2) is 11.5 Å². The van der Waals surface area contributed by atoms with Gasteiger partial charge in [-0.2, -0.15) is 0 Å². The highest BCUT2D eigenvalue weighted by atomic mass is 16.2. The molecule has 1 atom stereocenters. The highest BCUT2D eigenvalue weighted by Crippen LogP contribution is 2.22. The number of carbonyl (C=O) groups is 1. The van der Waals surface area contributed by atoms with Gasteiger partial charge in [0.1, 0.15) is 11.4 Å². The van der Waals surface area contributed by atoms with Crippen molar-refractivity contribution >= 4 is 34.0 Å². The highest BCUT2D eigenvalue weighted by Gasteiger charge is 2.24. The number of para-hydroxylation sites is 1. The molecule has 0 saturated heterocycles. The number of amides is 1. The standard InChI is InChI=1S/C23H20N8O2/c1-13(27-22(32)18-19(25)29-30-12-6-11-26-21(18)30)20-28-16-10-5-9-15(24)17(16)23(33)31(20)14-7-3-2-4-8-14/h2-13H,24H2,1H3,(H2,25,29)(H,27,32)/t13-/m1/s1. The van der Waals surface area contributed by atoms with Gasteiger partial charge in [-0.25, -0.2) is 14.5 Å². The maximum atomic E-state index is 13.5. The Morgan fingerprint density at radius 2 is 1.85 bits per heavy atom. The molecule has 5 N–H and O–H groups in total. The fraction of sp³-hybridized carbons (Fsp3) is 0.0870. The van der Waals surface area contributed by atoms with Crippen LogP contribution in [0.1, 0.15) is 29.1 Å². The number of nitrogens with one attached hydrogen (secondary N) is 1. The lowest BCUT2D eigenvalue weighted by Crippen LogP contribution is -2.33. The molecule has 2 aromatic carbocycles. The number of aromatic nitrogens is 5. The van der Waals surface area contributed by atoms with Crippen LogP contribution in [0.5, 0.6) is 0 Å². The van der Waals surface area contributed by atoms with E-state index < -0.39 is 11.9 Å². The summed E-state index contributed by atoms with van der Waals surface area (Å²) in [6, 6.07) is 15.2. The van der Waals surface area contributed by atoms with E-state index in [9.17, 15) is 9.59 Å². The summed E-state index contributed by atoms with van der Waals surface area (Å²) in [5.74, 6) is -0.0750. The van der Waals surface area contributed by atoms with E-state index in [4.69, 9.17) is 16.5 Å². The van der Waals surface area contributed by atoms with E-state index in [0.717, 1.165) is 0 Å². The first-order chi connectivity index (χ1) is 16.0. The topological polar surface area (TPSA) is 146 Å². The minimum atomic E-state index is -0.658. The summed E-state index contributed by atoms with van der Waals surface area (Å²) in [4.78, 5) is 35.6. The SMILES string of the molecule is C[C@@H](NC(=O)c1c(N)nn2cccnc12)c1nc2cccc(N)c2c(=O)n1-c1ccccc1. The van der Waals surface area contributed by atoms with Crippen LogP contribution in [0.15, 0.2) is 71.8 Å². The molecule has 0 fully saturated rings. The lowest BCUT2D eigenvalue weighted by Gasteiger charge is -2.20. The monoisotopic (exact) mass is 440 g/mol. The lowest BCUT2D eigenvalue weighted by molar-refractivity contribution is 0.0940. The first-order valence-corrected chi connectivity index (χ1v) is 10.2. The zero-order valence-electron chi connectivity index (χ0n) is 17.6. The van der Waals surface area contributed by atoms with Crippen molar-refractivity contribution in [2.75, 3.05) is 11.5 Å². The number of fused-ring (bicyclic) bond motifs is 2. The van der Waals surface area contributed by atoms with E-state index in [-0.39, 0.29) is 16.9 Å². The maximum absolute atomic E-state index is 13.5. The van der Waals surface area contributed by atoms with Gasteiger partial charge in [-0.05, 0) is 37.3 Å². The third-order valence-corrected chi connectivity index (χ3v) is 5.35. The third kappa shape index (κ3) is 3.33. The van der Waals surface area contributed by atoms with Crippen molar-refractivity contribution in [3.05, 3.63) is 88.7 Å². The molecule has 10 nitrogen and oxygen atoms in total. The van der Waals surface area contributed by atoms with Crippen molar-refractivity contribution in [3.8, 4) is 5.69 Å². The van der Waals surface area contributed by atoms with Gasteiger partial charge in [-0.15, -0.1) is 5.10 Å². The van der Waals surface area contributed by atoms with Crippen molar-refractivity contribution in [2.45, 2.75) is 13.0 Å². The Kier molecular flexibility index (Phi) is 4.74. The second-order valence-electron chi connectivity index (χ2n) is 7.53. The quantitative estimate of drug-likeness (QED) is 0.363. The molecule has 5 aromatic rings. The molecule has 5 rings (SSSR count). The first kappa shape index (κ1) is 20.2. The highest BCUT2D eigenvalue weighted by molar-refractivity contribution is 6.04. The van der Waals surface area contributed by atoms with Gasteiger partial charge in [0.2, 0.25) is 0 Å². The summed E-state index contributed by atoms with van der Waals surface area (Å²) < 4.78 is 2.90. The van der Waals surface area contributed by atoms with Crippen LogP contribution >= 0.6 is 0 Å². The molecule has 0 bridgehead atoms. The number of rotatable bonds is 4. The van der Waals surface area contributed by atoms with Gasteiger partial charge in [0.05, 0.1) is 22.6 Å². The zero-order valence-corrected chi connectivity index (χ0v) is 17.6. The predicted molar refractivity (Wildman–Crippen MR) is 125 cm³/mol. The van der Waals surface area contributed by atoms with Crippen LogP contribution < -0.4 is 22.3 Å². The van der Waals surface area contributed by atoms with Crippen LogP contribution in [-0.4, -0.2) is 30.1 Å². The molecule has 3 aromatic heterocycles. The Labute approximate surface area is 187 Å². The number of anilines is 2. The van der Waals surface area contributed by atoms with Crippen LogP contribution in [0.25, 0.3) is 22.2 Å². The number of benzene rings is 2. The van der Waals surface area contributed by atoms with Crippen molar-refractivity contribution in [1.29, 1.82) is 0 Å². The summed E-state index contributed by atoms with van der Waals surface area (Å²) in [6.45, 7) is 1.74. The molecule has 10 heteroatoms. The Balaban J connectivity index is 1.64. The fourth-order valence-corrected chi connectivity index (χ4v) is 3.85. The van der Waals surface area contributed by atoms with E-state index in [1.165, 1.54) is 9.08 Å². The largest absolute Gasteiger partial charge is 0.398 e. The molecule has 1 amide bonds. The van der Waals surface area contributed by atoms with Gasteiger partial charge in [-0.3, -0.25) is 14.2 Å². The van der Waals surface area contributed by atoms with Crippen LogP contribution in [0.2, 0.25) is 0 Å². The summed E-state index contributed by atoms with van der Waals surface area (Å²) in [6.07, 6.45) is 3.21. The molecule has 3 heterocycles. The molecule has 0 aliphatic heterocycles. The van der Waals surface area contributed by atoms with Crippen molar-refractivity contribution < 1.29 is 4.79 Å². The van der Waals surface area contributed by atoms with E-state index >= 15 is 0 Å². The first-order valence-electron chi connectivity index (χ1n) is 10.2. The van der Waals surface area contributed by atoms with Crippen molar-refractivity contribution in [1.82, 2.24) is 29.5 Å².